The second-order valence-electron chi connectivity index (χ2n) is 3.34. The summed E-state index contributed by atoms with van der Waals surface area (Å²) in [6.45, 7) is -0.557. The molecule has 0 saturated carbocycles. The van der Waals surface area contributed by atoms with Crippen molar-refractivity contribution in [1.82, 2.24) is 4.72 Å². The van der Waals surface area contributed by atoms with E-state index in [1.807, 2.05) is 4.72 Å². The number of hydrogen-bond acceptors (Lipinski definition) is 7. The topological polar surface area (TPSA) is 127 Å². The van der Waals surface area contributed by atoms with E-state index in [1.54, 1.807) is 0 Å². The number of esters is 1. The average Bonchev–Trinajstić information content (AvgIpc) is 2.21. The van der Waals surface area contributed by atoms with Gasteiger partial charge < -0.3 is 9.84 Å². The highest BCUT2D eigenvalue weighted by Crippen LogP contribution is 1.92. The van der Waals surface area contributed by atoms with Gasteiger partial charge in [0.1, 0.15) is 9.84 Å². The molecular formula is C7H15NO7S2. The van der Waals surface area contributed by atoms with Gasteiger partial charge in [0.05, 0.1) is 18.6 Å². The third-order valence-corrected chi connectivity index (χ3v) is 4.24. The summed E-state index contributed by atoms with van der Waals surface area (Å²) in [6, 6.07) is 0. The molecule has 1 atom stereocenters. The first kappa shape index (κ1) is 16.3. The zero-order chi connectivity index (χ0) is 13.7. The predicted octanol–water partition coefficient (Wildman–Crippen LogP) is -2.52. The van der Waals surface area contributed by atoms with E-state index in [2.05, 4.69) is 4.74 Å². The molecule has 0 aromatic carbocycles. The van der Waals surface area contributed by atoms with Gasteiger partial charge in [0, 0.05) is 12.8 Å². The Morgan fingerprint density at radius 3 is 2.24 bits per heavy atom. The van der Waals surface area contributed by atoms with Gasteiger partial charge in [-0.3, -0.25) is 0 Å². The van der Waals surface area contributed by atoms with Gasteiger partial charge in [-0.05, 0) is 0 Å². The molecule has 0 radical (unpaired) electrons. The maximum absolute atomic E-state index is 11.3. The summed E-state index contributed by atoms with van der Waals surface area (Å²) in [7, 11) is -6.19. The number of ether oxygens (including phenoxy) is 1. The van der Waals surface area contributed by atoms with Crippen molar-refractivity contribution >= 4 is 25.8 Å². The van der Waals surface area contributed by atoms with Crippen LogP contribution in [0.4, 0.5) is 0 Å². The fourth-order valence-electron chi connectivity index (χ4n) is 0.759. The minimum absolute atomic E-state index is 0.531. The number of aliphatic hydroxyl groups excluding tert-OH is 1. The number of hydrogen-bond donors (Lipinski definition) is 2. The van der Waals surface area contributed by atoms with Crippen LogP contribution in [0.25, 0.3) is 0 Å². The molecule has 1 unspecified atom stereocenters. The molecule has 0 aromatic rings. The predicted molar refractivity (Wildman–Crippen MR) is 59.5 cm³/mol. The number of sulfone groups is 1. The van der Waals surface area contributed by atoms with Crippen LogP contribution in [0, 0.1) is 0 Å². The first-order valence-electron chi connectivity index (χ1n) is 4.48. The molecule has 10 heteroatoms. The highest BCUT2D eigenvalue weighted by atomic mass is 32.2. The van der Waals surface area contributed by atoms with Crippen LogP contribution in [0.2, 0.25) is 0 Å². The standard InChI is InChI=1S/C7H15NO7S2/c1-15-7(10)6(9)5-8-17(13,14)4-3-16(2,11)12/h6,8-9H,3-5H2,1-2H3. The molecule has 0 aliphatic heterocycles. The molecule has 0 aliphatic carbocycles. The van der Waals surface area contributed by atoms with E-state index in [1.165, 1.54) is 0 Å². The summed E-state index contributed by atoms with van der Waals surface area (Å²) in [5.74, 6) is -2.13. The molecule has 0 heterocycles. The van der Waals surface area contributed by atoms with Crippen LogP contribution < -0.4 is 4.72 Å². The number of rotatable bonds is 7. The zero-order valence-electron chi connectivity index (χ0n) is 9.41. The Labute approximate surface area is 99.9 Å². The lowest BCUT2D eigenvalue weighted by atomic mass is 10.4. The second kappa shape index (κ2) is 6.28. The van der Waals surface area contributed by atoms with Gasteiger partial charge in [-0.25, -0.2) is 26.4 Å². The molecule has 17 heavy (non-hydrogen) atoms. The number of nitrogens with one attached hydrogen (secondary N) is 1. The first-order chi connectivity index (χ1) is 7.57. The molecule has 102 valence electrons. The Kier molecular flexibility index (Phi) is 6.02. The van der Waals surface area contributed by atoms with Crippen molar-refractivity contribution in [3.05, 3.63) is 0 Å². The van der Waals surface area contributed by atoms with Crippen molar-refractivity contribution in [2.45, 2.75) is 6.10 Å². The Bertz CT molecular complexity index is 453. The number of carbonyl (C=O) groups excluding carboxylic acids is 1. The van der Waals surface area contributed by atoms with Crippen molar-refractivity contribution < 1.29 is 31.5 Å². The molecule has 0 bridgehead atoms. The van der Waals surface area contributed by atoms with Crippen LogP contribution in [0.3, 0.4) is 0 Å². The molecule has 0 saturated heterocycles. The largest absolute Gasteiger partial charge is 0.467 e. The van der Waals surface area contributed by atoms with Crippen molar-refractivity contribution in [3.63, 3.8) is 0 Å². The summed E-state index contributed by atoms with van der Waals surface area (Å²) in [6.07, 6.45) is -0.709. The third-order valence-electron chi connectivity index (χ3n) is 1.69. The van der Waals surface area contributed by atoms with Gasteiger partial charge in [0.15, 0.2) is 6.10 Å². The molecule has 8 nitrogen and oxygen atoms in total. The van der Waals surface area contributed by atoms with Crippen LogP contribution in [0.1, 0.15) is 0 Å². The summed E-state index contributed by atoms with van der Waals surface area (Å²) >= 11 is 0. The van der Waals surface area contributed by atoms with E-state index in [4.69, 9.17) is 5.11 Å². The molecular weight excluding hydrogens is 274 g/mol. The lowest BCUT2D eigenvalue weighted by molar-refractivity contribution is -0.149. The van der Waals surface area contributed by atoms with Gasteiger partial charge in [-0.15, -0.1) is 0 Å². The minimum Gasteiger partial charge on any atom is -0.467 e. The maximum Gasteiger partial charge on any atom is 0.336 e. The molecule has 0 rings (SSSR count). The van der Waals surface area contributed by atoms with Crippen LogP contribution in [0.5, 0.6) is 0 Å². The molecule has 0 spiro atoms. The van der Waals surface area contributed by atoms with Crippen molar-refractivity contribution in [1.29, 1.82) is 0 Å². The Hall–Kier alpha value is -0.710. The lowest BCUT2D eigenvalue weighted by Gasteiger charge is -2.09. The van der Waals surface area contributed by atoms with E-state index < -0.39 is 50.0 Å². The van der Waals surface area contributed by atoms with E-state index in [-0.39, 0.29) is 0 Å². The van der Waals surface area contributed by atoms with Crippen molar-refractivity contribution in [3.8, 4) is 0 Å². The van der Waals surface area contributed by atoms with Crippen LogP contribution >= 0.6 is 0 Å². The van der Waals surface area contributed by atoms with Crippen LogP contribution in [-0.4, -0.2) is 65.4 Å². The zero-order valence-corrected chi connectivity index (χ0v) is 11.0. The summed E-state index contributed by atoms with van der Waals surface area (Å²) in [5, 5.41) is 9.09. The minimum atomic E-state index is -3.85. The number of carbonyl (C=O) groups is 1. The molecule has 0 aliphatic rings. The fraction of sp³-hybridized carbons (Fsp3) is 0.857. The van der Waals surface area contributed by atoms with E-state index >= 15 is 0 Å². The van der Waals surface area contributed by atoms with Gasteiger partial charge in [-0.1, -0.05) is 0 Å². The first-order valence-corrected chi connectivity index (χ1v) is 8.19. The quantitative estimate of drug-likeness (QED) is 0.495. The summed E-state index contributed by atoms with van der Waals surface area (Å²) in [5.41, 5.74) is 0. The number of methoxy groups -OCH3 is 1. The number of sulfonamides is 1. The molecule has 0 fully saturated rings. The van der Waals surface area contributed by atoms with Gasteiger partial charge in [-0.2, -0.15) is 0 Å². The highest BCUT2D eigenvalue weighted by molar-refractivity contribution is 7.93. The van der Waals surface area contributed by atoms with Gasteiger partial charge in [0.2, 0.25) is 10.0 Å². The monoisotopic (exact) mass is 289 g/mol. The number of aliphatic hydroxyl groups is 1. The van der Waals surface area contributed by atoms with Crippen LogP contribution in [-0.2, 0) is 29.4 Å². The second-order valence-corrected chi connectivity index (χ2v) is 7.52. The van der Waals surface area contributed by atoms with Gasteiger partial charge in [0.25, 0.3) is 0 Å². The Balaban J connectivity index is 4.24. The SMILES string of the molecule is COC(=O)C(O)CNS(=O)(=O)CCS(C)(=O)=O. The van der Waals surface area contributed by atoms with Crippen molar-refractivity contribution in [2.24, 2.45) is 0 Å². The van der Waals surface area contributed by atoms with E-state index in [0.717, 1.165) is 13.4 Å². The molecule has 2 N–H and O–H groups in total. The smallest absolute Gasteiger partial charge is 0.336 e. The third kappa shape index (κ3) is 8.07. The lowest BCUT2D eigenvalue weighted by Crippen LogP contribution is -2.39. The maximum atomic E-state index is 11.3. The fourth-order valence-corrected chi connectivity index (χ4v) is 3.40. The van der Waals surface area contributed by atoms with E-state index in [0.29, 0.717) is 0 Å². The average molecular weight is 289 g/mol. The van der Waals surface area contributed by atoms with Crippen molar-refractivity contribution in [2.75, 3.05) is 31.4 Å². The van der Waals surface area contributed by atoms with Crippen LogP contribution in [0.15, 0.2) is 0 Å². The normalized spacial score (nSPS) is 14.3. The van der Waals surface area contributed by atoms with E-state index in [9.17, 15) is 21.6 Å². The Morgan fingerprint density at radius 1 is 1.29 bits per heavy atom. The van der Waals surface area contributed by atoms with Gasteiger partial charge >= 0.3 is 5.97 Å². The highest BCUT2D eigenvalue weighted by Gasteiger charge is 2.20. The molecule has 0 amide bonds. The Morgan fingerprint density at radius 2 is 1.82 bits per heavy atom. The molecule has 0 aromatic heterocycles. The summed E-state index contributed by atoms with van der Waals surface area (Å²) in [4.78, 5) is 10.7. The summed E-state index contributed by atoms with van der Waals surface area (Å²) < 4.78 is 50.1.